The summed E-state index contributed by atoms with van der Waals surface area (Å²) in [5.41, 5.74) is -0.292. The largest absolute Gasteiger partial charge is 0.150 e. The molecule has 1 aliphatic rings. The Hall–Kier alpha value is -0.110. The molecule has 0 aromatic carbocycles. The van der Waals surface area contributed by atoms with Gasteiger partial charge in [-0.1, -0.05) is 24.4 Å². The van der Waals surface area contributed by atoms with E-state index in [2.05, 4.69) is 5.18 Å². The zero-order chi connectivity index (χ0) is 8.16. The zero-order valence-electron chi connectivity index (χ0n) is 6.68. The molecule has 0 aliphatic heterocycles. The maximum Gasteiger partial charge on any atom is 0.104 e. The third-order valence-corrected chi connectivity index (χ3v) is 2.73. The molecule has 0 heterocycles. The fourth-order valence-corrected chi connectivity index (χ4v) is 2.12. The first kappa shape index (κ1) is 8.98. The van der Waals surface area contributed by atoms with Crippen LogP contribution in [0.15, 0.2) is 5.18 Å². The Kier molecular flexibility index (Phi) is 3.31. The van der Waals surface area contributed by atoms with Crippen LogP contribution >= 0.6 is 11.6 Å². The quantitative estimate of drug-likeness (QED) is 0.479. The normalized spacial score (nSPS) is 23.0. The summed E-state index contributed by atoms with van der Waals surface area (Å²) in [4.78, 5) is 10.6. The van der Waals surface area contributed by atoms with E-state index in [9.17, 15) is 4.91 Å². The molecule has 0 spiro atoms. The van der Waals surface area contributed by atoms with Crippen LogP contribution in [0.3, 0.4) is 0 Å². The molecule has 11 heavy (non-hydrogen) atoms. The maximum absolute atomic E-state index is 10.6. The third-order valence-electron chi connectivity index (χ3n) is 2.54. The smallest absolute Gasteiger partial charge is 0.104 e. The molecular weight excluding hydrogens is 162 g/mol. The summed E-state index contributed by atoms with van der Waals surface area (Å²) < 4.78 is 0. The summed E-state index contributed by atoms with van der Waals surface area (Å²) in [7, 11) is 0. The lowest BCUT2D eigenvalue weighted by Crippen LogP contribution is -2.29. The summed E-state index contributed by atoms with van der Waals surface area (Å²) in [5.74, 6) is 0.561. The van der Waals surface area contributed by atoms with Gasteiger partial charge in [0.05, 0.1) is 0 Å². The van der Waals surface area contributed by atoms with Gasteiger partial charge in [-0.3, -0.25) is 0 Å². The van der Waals surface area contributed by atoms with Gasteiger partial charge in [0.15, 0.2) is 0 Å². The average molecular weight is 176 g/mol. The highest BCUT2D eigenvalue weighted by Crippen LogP contribution is 2.34. The predicted octanol–water partition coefficient (Wildman–Crippen LogP) is 3.08. The van der Waals surface area contributed by atoms with Gasteiger partial charge in [-0.25, -0.2) is 0 Å². The van der Waals surface area contributed by atoms with Gasteiger partial charge in [-0.2, -0.15) is 4.91 Å². The third kappa shape index (κ3) is 2.16. The van der Waals surface area contributed by atoms with E-state index in [4.69, 9.17) is 11.6 Å². The minimum atomic E-state index is -0.292. The van der Waals surface area contributed by atoms with Crippen molar-refractivity contribution < 1.29 is 0 Å². The van der Waals surface area contributed by atoms with E-state index in [1.807, 2.05) is 0 Å². The van der Waals surface area contributed by atoms with Crippen molar-refractivity contribution in [1.82, 2.24) is 0 Å². The van der Waals surface area contributed by atoms with Gasteiger partial charge >= 0.3 is 0 Å². The molecule has 0 radical (unpaired) electrons. The molecule has 2 nitrogen and oxygen atoms in total. The number of nitrogens with zero attached hydrogens (tertiary/aromatic N) is 1. The number of nitroso groups, excluding NO2 is 1. The van der Waals surface area contributed by atoms with E-state index in [-0.39, 0.29) is 5.54 Å². The summed E-state index contributed by atoms with van der Waals surface area (Å²) in [6.07, 6.45) is 6.19. The molecule has 0 bridgehead atoms. The van der Waals surface area contributed by atoms with Crippen molar-refractivity contribution in [3.05, 3.63) is 4.91 Å². The number of halogens is 1. The zero-order valence-corrected chi connectivity index (χ0v) is 7.44. The van der Waals surface area contributed by atoms with Crippen LogP contribution in [0, 0.1) is 4.91 Å². The Morgan fingerprint density at radius 3 is 2.36 bits per heavy atom. The fraction of sp³-hybridized carbons (Fsp3) is 1.00. The Morgan fingerprint density at radius 1 is 1.27 bits per heavy atom. The van der Waals surface area contributed by atoms with E-state index < -0.39 is 0 Å². The first-order valence-electron chi connectivity index (χ1n) is 4.23. The molecule has 0 aromatic rings. The molecule has 1 rings (SSSR count). The minimum absolute atomic E-state index is 0.292. The highest BCUT2D eigenvalue weighted by Gasteiger charge is 2.32. The van der Waals surface area contributed by atoms with Crippen LogP contribution in [0.5, 0.6) is 0 Å². The molecule has 0 atom stereocenters. The van der Waals surface area contributed by atoms with Crippen LogP contribution in [-0.4, -0.2) is 11.4 Å². The highest BCUT2D eigenvalue weighted by molar-refractivity contribution is 6.17. The molecule has 0 N–H and O–H groups in total. The SMILES string of the molecule is O=NC1(CCCl)CCCCC1. The van der Waals surface area contributed by atoms with E-state index in [0.29, 0.717) is 5.88 Å². The van der Waals surface area contributed by atoms with Crippen molar-refractivity contribution in [3.8, 4) is 0 Å². The van der Waals surface area contributed by atoms with Crippen molar-refractivity contribution in [2.45, 2.75) is 44.1 Å². The molecule has 1 fully saturated rings. The van der Waals surface area contributed by atoms with Gasteiger partial charge in [-0.05, 0) is 19.3 Å². The molecule has 1 saturated carbocycles. The molecule has 0 saturated heterocycles. The van der Waals surface area contributed by atoms with Crippen LogP contribution < -0.4 is 0 Å². The topological polar surface area (TPSA) is 29.4 Å². The molecular formula is C8H14ClNO. The van der Waals surface area contributed by atoms with Crippen molar-refractivity contribution in [2.75, 3.05) is 5.88 Å². The Labute approximate surface area is 72.3 Å². The second-order valence-corrected chi connectivity index (χ2v) is 3.69. The molecule has 64 valence electrons. The number of rotatable bonds is 3. The van der Waals surface area contributed by atoms with E-state index in [1.165, 1.54) is 6.42 Å². The summed E-state index contributed by atoms with van der Waals surface area (Å²) in [5, 5.41) is 3.23. The summed E-state index contributed by atoms with van der Waals surface area (Å²) in [6, 6.07) is 0. The van der Waals surface area contributed by atoms with Crippen LogP contribution in [0.1, 0.15) is 38.5 Å². The standard InChI is InChI=1S/C8H14ClNO/c9-7-6-8(10-11)4-2-1-3-5-8/h1-7H2. The van der Waals surface area contributed by atoms with Crippen molar-refractivity contribution in [3.63, 3.8) is 0 Å². The lowest BCUT2D eigenvalue weighted by molar-refractivity contribution is 0.289. The van der Waals surface area contributed by atoms with Crippen LogP contribution in [-0.2, 0) is 0 Å². The summed E-state index contributed by atoms with van der Waals surface area (Å²) >= 11 is 5.60. The van der Waals surface area contributed by atoms with E-state index >= 15 is 0 Å². The highest BCUT2D eigenvalue weighted by atomic mass is 35.5. The van der Waals surface area contributed by atoms with Crippen molar-refractivity contribution >= 4 is 11.6 Å². The van der Waals surface area contributed by atoms with Crippen LogP contribution in [0.4, 0.5) is 0 Å². The Bertz CT molecular complexity index is 127. The van der Waals surface area contributed by atoms with E-state index in [0.717, 1.165) is 32.1 Å². The predicted molar refractivity (Wildman–Crippen MR) is 46.9 cm³/mol. The van der Waals surface area contributed by atoms with Crippen molar-refractivity contribution in [2.24, 2.45) is 5.18 Å². The number of hydrogen-bond acceptors (Lipinski definition) is 2. The molecule has 0 amide bonds. The van der Waals surface area contributed by atoms with Gasteiger partial charge in [0.1, 0.15) is 5.54 Å². The first-order valence-corrected chi connectivity index (χ1v) is 4.77. The van der Waals surface area contributed by atoms with Gasteiger partial charge < -0.3 is 0 Å². The second kappa shape index (κ2) is 4.05. The van der Waals surface area contributed by atoms with E-state index in [1.54, 1.807) is 0 Å². The second-order valence-electron chi connectivity index (χ2n) is 3.32. The first-order chi connectivity index (χ1) is 5.33. The minimum Gasteiger partial charge on any atom is -0.150 e. The number of alkyl halides is 1. The molecule has 0 aromatic heterocycles. The monoisotopic (exact) mass is 175 g/mol. The lowest BCUT2D eigenvalue weighted by atomic mass is 9.81. The van der Waals surface area contributed by atoms with Crippen LogP contribution in [0.25, 0.3) is 0 Å². The Morgan fingerprint density at radius 2 is 1.91 bits per heavy atom. The van der Waals surface area contributed by atoms with Gasteiger partial charge in [0.25, 0.3) is 0 Å². The molecule has 3 heteroatoms. The molecule has 1 aliphatic carbocycles. The summed E-state index contributed by atoms with van der Waals surface area (Å²) in [6.45, 7) is 0. The van der Waals surface area contributed by atoms with Crippen LogP contribution in [0.2, 0.25) is 0 Å². The average Bonchev–Trinajstić information content (AvgIpc) is 2.07. The maximum atomic E-state index is 10.6. The number of hydrogen-bond donors (Lipinski definition) is 0. The Balaban J connectivity index is 2.49. The van der Waals surface area contributed by atoms with Gasteiger partial charge in [0.2, 0.25) is 0 Å². The fourth-order valence-electron chi connectivity index (χ4n) is 1.77. The van der Waals surface area contributed by atoms with Gasteiger partial charge in [-0.15, -0.1) is 11.6 Å². The van der Waals surface area contributed by atoms with Gasteiger partial charge in [0, 0.05) is 5.88 Å². The lowest BCUT2D eigenvalue weighted by Gasteiger charge is -2.29. The van der Waals surface area contributed by atoms with Crippen molar-refractivity contribution in [1.29, 1.82) is 0 Å². The molecule has 0 unspecified atom stereocenters.